The molecule has 0 saturated heterocycles. The van der Waals surface area contributed by atoms with E-state index in [-0.39, 0.29) is 5.91 Å². The van der Waals surface area contributed by atoms with Crippen LogP contribution in [0.4, 0.5) is 5.69 Å². The van der Waals surface area contributed by atoms with Crippen LogP contribution in [0, 0.1) is 13.8 Å². The van der Waals surface area contributed by atoms with Crippen molar-refractivity contribution in [3.63, 3.8) is 0 Å². The highest BCUT2D eigenvalue weighted by Gasteiger charge is 2.26. The van der Waals surface area contributed by atoms with Crippen LogP contribution in [0.1, 0.15) is 21.6 Å². The lowest BCUT2D eigenvalue weighted by atomic mass is 10.0. The monoisotopic (exact) mass is 333 g/mol. The summed E-state index contributed by atoms with van der Waals surface area (Å²) in [5.74, 6) is -0.0241. The van der Waals surface area contributed by atoms with Crippen LogP contribution in [0.15, 0.2) is 28.1 Å². The fourth-order valence-corrected chi connectivity index (χ4v) is 3.43. The van der Waals surface area contributed by atoms with Crippen LogP contribution >= 0.6 is 27.3 Å². The maximum atomic E-state index is 12.1. The molecule has 1 aromatic heterocycles. The maximum Gasteiger partial charge on any atom is 0.256 e. The van der Waals surface area contributed by atoms with Gasteiger partial charge < -0.3 is 5.32 Å². The van der Waals surface area contributed by atoms with Gasteiger partial charge in [0.15, 0.2) is 0 Å². The molecule has 1 aliphatic rings. The average Bonchev–Trinajstić information content (AvgIpc) is 2.91. The summed E-state index contributed by atoms with van der Waals surface area (Å²) in [7, 11) is 0. The normalized spacial score (nSPS) is 15.7. The van der Waals surface area contributed by atoms with Crippen LogP contribution < -0.4 is 5.32 Å². The fraction of sp³-hybridized carbons (Fsp3) is 0.133. The van der Waals surface area contributed by atoms with Crippen LogP contribution in [0.2, 0.25) is 0 Å². The van der Waals surface area contributed by atoms with E-state index in [2.05, 4.69) is 34.2 Å². The van der Waals surface area contributed by atoms with Gasteiger partial charge in [0.25, 0.3) is 5.91 Å². The van der Waals surface area contributed by atoms with E-state index in [9.17, 15) is 4.79 Å². The van der Waals surface area contributed by atoms with Crippen LogP contribution in [0.5, 0.6) is 0 Å². The minimum atomic E-state index is -0.0241. The van der Waals surface area contributed by atoms with Crippen molar-refractivity contribution in [2.24, 2.45) is 0 Å². The zero-order valence-electron chi connectivity index (χ0n) is 10.6. The molecule has 96 valence electrons. The zero-order chi connectivity index (χ0) is 13.6. The Morgan fingerprint density at radius 3 is 2.74 bits per heavy atom. The number of halogens is 1. The number of carbonyl (C=O) groups is 1. The lowest BCUT2D eigenvalue weighted by Crippen LogP contribution is -2.03. The van der Waals surface area contributed by atoms with Gasteiger partial charge >= 0.3 is 0 Å². The molecule has 0 atom stereocenters. The van der Waals surface area contributed by atoms with E-state index in [1.54, 1.807) is 11.3 Å². The van der Waals surface area contributed by atoms with Crippen molar-refractivity contribution in [2.45, 2.75) is 13.8 Å². The molecule has 0 unspecified atom stereocenters. The molecule has 1 N–H and O–H groups in total. The number of hydrogen-bond acceptors (Lipinski definition) is 2. The molecule has 1 amide bonds. The second-order valence-corrected chi connectivity index (χ2v) is 6.38. The number of anilines is 1. The average molecular weight is 334 g/mol. The van der Waals surface area contributed by atoms with Gasteiger partial charge in [-0.15, -0.1) is 11.3 Å². The molecular formula is C15H12BrNOS. The second-order valence-electron chi connectivity index (χ2n) is 4.57. The Morgan fingerprint density at radius 2 is 2.05 bits per heavy atom. The first-order valence-corrected chi connectivity index (χ1v) is 7.62. The number of benzene rings is 1. The number of thiophene rings is 1. The number of carbonyl (C=O) groups excluding carboxylic acids is 1. The molecule has 2 nitrogen and oxygen atoms in total. The Labute approximate surface area is 124 Å². The summed E-state index contributed by atoms with van der Waals surface area (Å²) in [6, 6.07) is 5.97. The third-order valence-corrected chi connectivity index (χ3v) is 5.16. The molecule has 3 rings (SSSR count). The molecular weight excluding hydrogens is 322 g/mol. The summed E-state index contributed by atoms with van der Waals surface area (Å²) in [6.07, 6.45) is 1.99. The van der Waals surface area contributed by atoms with E-state index in [0.717, 1.165) is 31.7 Å². The molecule has 0 saturated carbocycles. The Morgan fingerprint density at radius 1 is 1.26 bits per heavy atom. The van der Waals surface area contributed by atoms with Gasteiger partial charge in [0.05, 0.1) is 5.57 Å². The van der Waals surface area contributed by atoms with Crippen molar-refractivity contribution in [1.82, 2.24) is 0 Å². The van der Waals surface area contributed by atoms with Gasteiger partial charge in [0.2, 0.25) is 0 Å². The van der Waals surface area contributed by atoms with E-state index in [4.69, 9.17) is 0 Å². The van der Waals surface area contributed by atoms with Crippen molar-refractivity contribution in [1.29, 1.82) is 0 Å². The number of amides is 1. The van der Waals surface area contributed by atoms with E-state index in [1.165, 1.54) is 5.56 Å². The Hall–Kier alpha value is -1.39. The van der Waals surface area contributed by atoms with Crippen LogP contribution in [0.3, 0.4) is 0 Å². The first-order valence-electron chi connectivity index (χ1n) is 5.94. The SMILES string of the molecule is Cc1ccsc1C=C1C(=O)Nc2ccc(Br)c(C)c21. The first-order chi connectivity index (χ1) is 9.08. The molecule has 0 bridgehead atoms. The lowest BCUT2D eigenvalue weighted by molar-refractivity contribution is -0.110. The molecule has 0 aliphatic carbocycles. The molecule has 2 aromatic rings. The van der Waals surface area contributed by atoms with Crippen LogP contribution in [0.25, 0.3) is 11.6 Å². The minimum Gasteiger partial charge on any atom is -0.321 e. The Kier molecular flexibility index (Phi) is 3.07. The number of hydrogen-bond donors (Lipinski definition) is 1. The summed E-state index contributed by atoms with van der Waals surface area (Å²) in [6.45, 7) is 4.09. The van der Waals surface area contributed by atoms with E-state index in [1.807, 2.05) is 30.5 Å². The van der Waals surface area contributed by atoms with Crippen molar-refractivity contribution < 1.29 is 4.79 Å². The number of aryl methyl sites for hydroxylation is 1. The molecule has 0 radical (unpaired) electrons. The topological polar surface area (TPSA) is 29.1 Å². The summed E-state index contributed by atoms with van der Waals surface area (Å²) in [5, 5.41) is 4.97. The molecule has 2 heterocycles. The van der Waals surface area contributed by atoms with E-state index in [0.29, 0.717) is 0 Å². The van der Waals surface area contributed by atoms with E-state index >= 15 is 0 Å². The van der Waals surface area contributed by atoms with Gasteiger partial charge in [-0.25, -0.2) is 0 Å². The molecule has 0 spiro atoms. The standard InChI is InChI=1S/C15H12BrNOS/c1-8-5-6-19-13(8)7-10-14-9(2)11(16)3-4-12(14)17-15(10)18/h3-7H,1-2H3,(H,17,18). The van der Waals surface area contributed by atoms with Crippen LogP contribution in [-0.4, -0.2) is 5.91 Å². The highest BCUT2D eigenvalue weighted by atomic mass is 79.9. The van der Waals surface area contributed by atoms with Gasteiger partial charge in [0.1, 0.15) is 0 Å². The summed E-state index contributed by atoms with van der Waals surface area (Å²) in [4.78, 5) is 13.3. The largest absolute Gasteiger partial charge is 0.321 e. The quantitative estimate of drug-likeness (QED) is 0.758. The lowest BCUT2D eigenvalue weighted by Gasteiger charge is -2.05. The summed E-state index contributed by atoms with van der Waals surface area (Å²) >= 11 is 5.18. The first kappa shape index (κ1) is 12.6. The van der Waals surface area contributed by atoms with Gasteiger partial charge in [-0.3, -0.25) is 4.79 Å². The Bertz CT molecular complexity index is 715. The van der Waals surface area contributed by atoms with Crippen LogP contribution in [-0.2, 0) is 4.79 Å². The second kappa shape index (κ2) is 4.62. The highest BCUT2D eigenvalue weighted by molar-refractivity contribution is 9.10. The summed E-state index contributed by atoms with van der Waals surface area (Å²) in [5.41, 5.74) is 4.94. The number of nitrogens with one attached hydrogen (secondary N) is 1. The van der Waals surface area contributed by atoms with Crippen molar-refractivity contribution in [2.75, 3.05) is 5.32 Å². The number of fused-ring (bicyclic) bond motifs is 1. The fourth-order valence-electron chi connectivity index (χ4n) is 2.24. The molecule has 4 heteroatoms. The van der Waals surface area contributed by atoms with E-state index < -0.39 is 0 Å². The van der Waals surface area contributed by atoms with Crippen molar-refractivity contribution >= 4 is 50.5 Å². The Balaban J connectivity index is 2.21. The predicted octanol–water partition coefficient (Wildman–Crippen LogP) is 4.62. The molecule has 1 aliphatic heterocycles. The predicted molar refractivity (Wildman–Crippen MR) is 84.4 cm³/mol. The number of rotatable bonds is 1. The van der Waals surface area contributed by atoms with Gasteiger partial charge in [-0.05, 0) is 54.6 Å². The summed E-state index contributed by atoms with van der Waals surface area (Å²) < 4.78 is 1.02. The highest BCUT2D eigenvalue weighted by Crippen LogP contribution is 2.39. The van der Waals surface area contributed by atoms with Crippen molar-refractivity contribution in [3.05, 3.63) is 49.6 Å². The van der Waals surface area contributed by atoms with Crippen molar-refractivity contribution in [3.8, 4) is 0 Å². The van der Waals surface area contributed by atoms with Gasteiger partial charge in [-0.1, -0.05) is 15.9 Å². The molecule has 1 aromatic carbocycles. The third kappa shape index (κ3) is 2.05. The zero-order valence-corrected chi connectivity index (χ0v) is 13.0. The van der Waals surface area contributed by atoms with Gasteiger partial charge in [0, 0.05) is 20.6 Å². The maximum absolute atomic E-state index is 12.1. The smallest absolute Gasteiger partial charge is 0.256 e. The minimum absolute atomic E-state index is 0.0241. The molecule has 0 fully saturated rings. The molecule has 19 heavy (non-hydrogen) atoms. The third-order valence-electron chi connectivity index (χ3n) is 3.34. The van der Waals surface area contributed by atoms with Gasteiger partial charge in [-0.2, -0.15) is 0 Å².